The Morgan fingerprint density at radius 2 is 1.89 bits per heavy atom. The smallest absolute Gasteiger partial charge is 0.223 e. The molecule has 4 nitrogen and oxygen atoms in total. The summed E-state index contributed by atoms with van der Waals surface area (Å²) in [6.07, 6.45) is 7.26. The van der Waals surface area contributed by atoms with Gasteiger partial charge in [0.2, 0.25) is 5.91 Å². The number of aryl methyl sites for hydroxylation is 1. The molecule has 2 fully saturated rings. The van der Waals surface area contributed by atoms with Crippen molar-refractivity contribution in [1.82, 2.24) is 15.2 Å². The van der Waals surface area contributed by atoms with Gasteiger partial charge in [-0.05, 0) is 68.3 Å². The van der Waals surface area contributed by atoms with Gasteiger partial charge in [-0.2, -0.15) is 0 Å². The highest BCUT2D eigenvalue weighted by molar-refractivity contribution is 5.82. The number of benzene rings is 1. The molecule has 0 bridgehead atoms. The molecule has 0 radical (unpaired) electrons. The van der Waals surface area contributed by atoms with E-state index in [-0.39, 0.29) is 17.2 Å². The third-order valence-corrected chi connectivity index (χ3v) is 6.25. The van der Waals surface area contributed by atoms with E-state index in [4.69, 9.17) is 0 Å². The minimum atomic E-state index is 0.242. The van der Waals surface area contributed by atoms with E-state index < -0.39 is 0 Å². The average Bonchev–Trinajstić information content (AvgIpc) is 3.42. The number of carbonyl (C=O) groups is 1. The summed E-state index contributed by atoms with van der Waals surface area (Å²) in [7, 11) is 0. The molecular weight excluding hydrogens is 334 g/mol. The molecule has 2 aromatic rings. The summed E-state index contributed by atoms with van der Waals surface area (Å²) in [6.45, 7) is 3.86. The second-order valence-corrected chi connectivity index (χ2v) is 8.10. The van der Waals surface area contributed by atoms with Crippen LogP contribution in [0, 0.1) is 11.3 Å². The van der Waals surface area contributed by atoms with Crippen molar-refractivity contribution in [1.29, 1.82) is 0 Å². The first-order chi connectivity index (χ1) is 13.3. The first kappa shape index (κ1) is 18.2. The lowest BCUT2D eigenvalue weighted by Gasteiger charge is -2.32. The summed E-state index contributed by atoms with van der Waals surface area (Å²) in [5.74, 6) is 0.521. The molecule has 27 heavy (non-hydrogen) atoms. The molecule has 2 aliphatic rings. The predicted octanol–water partition coefficient (Wildman–Crippen LogP) is 3.43. The number of amides is 1. The lowest BCUT2D eigenvalue weighted by atomic mass is 9.90. The van der Waals surface area contributed by atoms with Crippen LogP contribution in [0.15, 0.2) is 54.7 Å². The van der Waals surface area contributed by atoms with E-state index >= 15 is 0 Å². The molecule has 1 amide bonds. The first-order valence-electron chi connectivity index (χ1n) is 10.2. The molecule has 1 aromatic heterocycles. The fraction of sp³-hybridized carbons (Fsp3) is 0.478. The summed E-state index contributed by atoms with van der Waals surface area (Å²) in [5.41, 5.74) is 2.76. The molecule has 1 N–H and O–H groups in total. The van der Waals surface area contributed by atoms with Gasteiger partial charge in [0.15, 0.2) is 0 Å². The van der Waals surface area contributed by atoms with Crippen LogP contribution >= 0.6 is 0 Å². The summed E-state index contributed by atoms with van der Waals surface area (Å²) in [4.78, 5) is 19.4. The fourth-order valence-electron chi connectivity index (χ4n) is 4.42. The summed E-state index contributed by atoms with van der Waals surface area (Å²) in [6, 6.07) is 16.6. The number of rotatable bonds is 7. The van der Waals surface area contributed by atoms with Crippen LogP contribution in [0.4, 0.5) is 0 Å². The van der Waals surface area contributed by atoms with Gasteiger partial charge < -0.3 is 5.32 Å². The van der Waals surface area contributed by atoms with Crippen LogP contribution in [0.5, 0.6) is 0 Å². The maximum absolute atomic E-state index is 12.5. The first-order valence-corrected chi connectivity index (χ1v) is 10.2. The minimum Gasteiger partial charge on any atom is -0.356 e. The minimum absolute atomic E-state index is 0.242. The highest BCUT2D eigenvalue weighted by Gasteiger charge is 2.58. The van der Waals surface area contributed by atoms with Gasteiger partial charge in [0, 0.05) is 25.2 Å². The van der Waals surface area contributed by atoms with Crippen LogP contribution in [0.1, 0.15) is 36.9 Å². The molecule has 1 saturated carbocycles. The molecule has 1 aliphatic carbocycles. The monoisotopic (exact) mass is 363 g/mol. The number of nitrogens with one attached hydrogen (secondary N) is 1. The second kappa shape index (κ2) is 8.22. The highest BCUT2D eigenvalue weighted by atomic mass is 16.2. The molecule has 4 rings (SSSR count). The lowest BCUT2D eigenvalue weighted by molar-refractivity contribution is -0.123. The van der Waals surface area contributed by atoms with Crippen molar-refractivity contribution in [2.45, 2.75) is 38.6 Å². The van der Waals surface area contributed by atoms with Gasteiger partial charge in [-0.15, -0.1) is 0 Å². The maximum Gasteiger partial charge on any atom is 0.223 e. The number of piperidine rings is 1. The van der Waals surface area contributed by atoms with E-state index in [2.05, 4.69) is 45.5 Å². The van der Waals surface area contributed by atoms with E-state index in [1.807, 2.05) is 24.4 Å². The summed E-state index contributed by atoms with van der Waals surface area (Å²) >= 11 is 0. The zero-order valence-electron chi connectivity index (χ0n) is 15.9. The molecule has 1 aliphatic heterocycles. The SMILES string of the molecule is O=C(NCCCc1ccccc1)C1CC12CCN(Cc1ccccn1)CC2. The third-order valence-electron chi connectivity index (χ3n) is 6.25. The van der Waals surface area contributed by atoms with Crippen molar-refractivity contribution < 1.29 is 4.79 Å². The average molecular weight is 364 g/mol. The van der Waals surface area contributed by atoms with E-state index in [0.717, 1.165) is 64.0 Å². The van der Waals surface area contributed by atoms with E-state index in [0.29, 0.717) is 0 Å². The van der Waals surface area contributed by atoms with Gasteiger partial charge in [-0.3, -0.25) is 14.7 Å². The Bertz CT molecular complexity index is 739. The molecule has 142 valence electrons. The van der Waals surface area contributed by atoms with Gasteiger partial charge >= 0.3 is 0 Å². The van der Waals surface area contributed by atoms with Crippen LogP contribution in [-0.4, -0.2) is 35.4 Å². The van der Waals surface area contributed by atoms with Crippen LogP contribution in [0.2, 0.25) is 0 Å². The van der Waals surface area contributed by atoms with Crippen molar-refractivity contribution in [2.75, 3.05) is 19.6 Å². The highest BCUT2D eigenvalue weighted by Crippen LogP contribution is 2.59. The Balaban J connectivity index is 1.16. The van der Waals surface area contributed by atoms with Crippen molar-refractivity contribution in [2.24, 2.45) is 11.3 Å². The topological polar surface area (TPSA) is 45.2 Å². The van der Waals surface area contributed by atoms with Crippen LogP contribution in [0.3, 0.4) is 0 Å². The Morgan fingerprint density at radius 3 is 2.63 bits per heavy atom. The number of likely N-dealkylation sites (tertiary alicyclic amines) is 1. The molecular formula is C23H29N3O. The van der Waals surface area contributed by atoms with Crippen LogP contribution in [0.25, 0.3) is 0 Å². The number of pyridine rings is 1. The second-order valence-electron chi connectivity index (χ2n) is 8.10. The Labute approximate surface area is 162 Å². The molecule has 1 atom stereocenters. The normalized spacial score (nSPS) is 21.1. The number of nitrogens with zero attached hydrogens (tertiary/aromatic N) is 2. The van der Waals surface area contributed by atoms with Gasteiger partial charge in [0.1, 0.15) is 0 Å². The predicted molar refractivity (Wildman–Crippen MR) is 107 cm³/mol. The standard InChI is InChI=1S/C23H29N3O/c27-22(25-14-6-9-19-7-2-1-3-8-19)21-17-23(21)11-15-26(16-12-23)18-20-10-4-5-13-24-20/h1-5,7-8,10,13,21H,6,9,11-12,14-18H2,(H,25,27). The van der Waals surface area contributed by atoms with E-state index in [9.17, 15) is 4.79 Å². The number of hydrogen-bond acceptors (Lipinski definition) is 3. The molecule has 1 spiro atoms. The number of carbonyl (C=O) groups excluding carboxylic acids is 1. The third kappa shape index (κ3) is 4.56. The Kier molecular flexibility index (Phi) is 5.53. The molecule has 1 saturated heterocycles. The summed E-state index contributed by atoms with van der Waals surface area (Å²) < 4.78 is 0. The van der Waals surface area contributed by atoms with E-state index in [1.54, 1.807) is 0 Å². The molecule has 1 aromatic carbocycles. The molecule has 4 heteroatoms. The van der Waals surface area contributed by atoms with Gasteiger partial charge in [0.05, 0.1) is 5.69 Å². The number of hydrogen-bond donors (Lipinski definition) is 1. The van der Waals surface area contributed by atoms with Gasteiger partial charge in [-0.25, -0.2) is 0 Å². The maximum atomic E-state index is 12.5. The zero-order valence-corrected chi connectivity index (χ0v) is 15.9. The van der Waals surface area contributed by atoms with Crippen LogP contribution < -0.4 is 5.32 Å². The van der Waals surface area contributed by atoms with Crippen molar-refractivity contribution in [3.63, 3.8) is 0 Å². The van der Waals surface area contributed by atoms with Crippen LogP contribution in [-0.2, 0) is 17.8 Å². The van der Waals surface area contributed by atoms with Crippen molar-refractivity contribution in [3.8, 4) is 0 Å². The van der Waals surface area contributed by atoms with Gasteiger partial charge in [0.25, 0.3) is 0 Å². The summed E-state index contributed by atoms with van der Waals surface area (Å²) in [5, 5.41) is 3.17. The molecule has 2 heterocycles. The molecule has 1 unspecified atom stereocenters. The largest absolute Gasteiger partial charge is 0.356 e. The quantitative estimate of drug-likeness (QED) is 0.767. The van der Waals surface area contributed by atoms with Gasteiger partial charge in [-0.1, -0.05) is 36.4 Å². The Hall–Kier alpha value is -2.20. The Morgan fingerprint density at radius 1 is 1.11 bits per heavy atom. The zero-order chi connectivity index (χ0) is 18.5. The van der Waals surface area contributed by atoms with Crippen molar-refractivity contribution in [3.05, 3.63) is 66.0 Å². The lowest BCUT2D eigenvalue weighted by Crippen LogP contribution is -2.37. The van der Waals surface area contributed by atoms with Crippen molar-refractivity contribution >= 4 is 5.91 Å². The number of aromatic nitrogens is 1. The van der Waals surface area contributed by atoms with E-state index in [1.165, 1.54) is 5.56 Å². The fourth-order valence-corrected chi connectivity index (χ4v) is 4.42.